The van der Waals surface area contributed by atoms with Gasteiger partial charge in [0.05, 0.1) is 16.3 Å². The van der Waals surface area contributed by atoms with Gasteiger partial charge in [0, 0.05) is 37.9 Å². The van der Waals surface area contributed by atoms with Crippen molar-refractivity contribution in [3.8, 4) is 0 Å². The van der Waals surface area contributed by atoms with Crippen molar-refractivity contribution in [3.05, 3.63) is 86.5 Å². The van der Waals surface area contributed by atoms with E-state index in [1.54, 1.807) is 0 Å². The predicted octanol–water partition coefficient (Wildman–Crippen LogP) is 4.54. The average Bonchev–Trinajstić information content (AvgIpc) is 3.36. The van der Waals surface area contributed by atoms with Gasteiger partial charge in [0.1, 0.15) is 10.7 Å². The highest BCUT2D eigenvalue weighted by Crippen LogP contribution is 2.36. The van der Waals surface area contributed by atoms with Crippen LogP contribution in [0.5, 0.6) is 0 Å². The van der Waals surface area contributed by atoms with Gasteiger partial charge in [-0.05, 0) is 43.0 Å². The lowest BCUT2D eigenvalue weighted by molar-refractivity contribution is 0.0668. The largest absolute Gasteiger partial charge is 0.348 e. The molecule has 6 rings (SSSR count). The Balaban J connectivity index is 1.46. The van der Waals surface area contributed by atoms with E-state index in [4.69, 9.17) is 4.98 Å². The van der Waals surface area contributed by atoms with Gasteiger partial charge in [-0.2, -0.15) is 0 Å². The standard InChI is InChI=1S/C26H26N4O2S/c1-17-21-24(27-20-12-6-3-7-14-29(20)25(21)31)33-23(17)26(32)30-16-15-28-13-8-11-19(28)22(30)18-9-4-2-5-10-18/h2,4-5,8-11,13,22H,3,6-7,12,14-16H2,1H3. The minimum absolute atomic E-state index is 0.0110. The summed E-state index contributed by atoms with van der Waals surface area (Å²) in [4.78, 5) is 35.5. The number of aryl methyl sites for hydroxylation is 2. The third-order valence-electron chi connectivity index (χ3n) is 7.02. The summed E-state index contributed by atoms with van der Waals surface area (Å²) < 4.78 is 4.06. The molecule has 6 nitrogen and oxygen atoms in total. The highest BCUT2D eigenvalue weighted by Gasteiger charge is 2.34. The molecule has 33 heavy (non-hydrogen) atoms. The molecular weight excluding hydrogens is 432 g/mol. The first-order valence-electron chi connectivity index (χ1n) is 11.7. The lowest BCUT2D eigenvalue weighted by Crippen LogP contribution is -2.42. The molecule has 1 unspecified atom stereocenters. The molecule has 0 saturated heterocycles. The summed E-state index contributed by atoms with van der Waals surface area (Å²) in [7, 11) is 0. The Morgan fingerprint density at radius 3 is 2.73 bits per heavy atom. The van der Waals surface area contributed by atoms with Crippen molar-refractivity contribution in [2.75, 3.05) is 6.54 Å². The van der Waals surface area contributed by atoms with Gasteiger partial charge in [0.15, 0.2) is 0 Å². The number of nitrogens with zero attached hydrogens (tertiary/aromatic N) is 4. The highest BCUT2D eigenvalue weighted by molar-refractivity contribution is 7.20. The van der Waals surface area contributed by atoms with E-state index in [2.05, 4.69) is 29.0 Å². The summed E-state index contributed by atoms with van der Waals surface area (Å²) in [5.41, 5.74) is 2.99. The van der Waals surface area contributed by atoms with Crippen molar-refractivity contribution < 1.29 is 4.79 Å². The van der Waals surface area contributed by atoms with Crippen LogP contribution in [0.25, 0.3) is 10.2 Å². The first kappa shape index (κ1) is 20.4. The van der Waals surface area contributed by atoms with Gasteiger partial charge in [-0.15, -0.1) is 11.3 Å². The van der Waals surface area contributed by atoms with Crippen molar-refractivity contribution in [1.82, 2.24) is 19.0 Å². The quantitative estimate of drug-likeness (QED) is 0.443. The van der Waals surface area contributed by atoms with Gasteiger partial charge in [0.2, 0.25) is 0 Å². The van der Waals surface area contributed by atoms with E-state index in [1.807, 2.05) is 40.7 Å². The van der Waals surface area contributed by atoms with Crippen molar-refractivity contribution in [2.45, 2.75) is 51.7 Å². The van der Waals surface area contributed by atoms with Crippen molar-refractivity contribution >= 4 is 27.5 Å². The molecule has 1 atom stereocenters. The smallest absolute Gasteiger partial charge is 0.265 e. The Bertz CT molecular complexity index is 1420. The second kappa shape index (κ2) is 7.99. The van der Waals surface area contributed by atoms with Gasteiger partial charge >= 0.3 is 0 Å². The fraction of sp³-hybridized carbons (Fsp3) is 0.346. The molecule has 4 aromatic rings. The first-order valence-corrected chi connectivity index (χ1v) is 12.5. The van der Waals surface area contributed by atoms with Crippen LogP contribution < -0.4 is 5.56 Å². The molecule has 1 aromatic carbocycles. The zero-order valence-corrected chi connectivity index (χ0v) is 19.5. The number of hydrogen-bond acceptors (Lipinski definition) is 4. The molecule has 2 aliphatic heterocycles. The number of carbonyl (C=O) groups is 1. The molecule has 1 amide bonds. The molecule has 0 bridgehead atoms. The van der Waals surface area contributed by atoms with E-state index < -0.39 is 0 Å². The fourth-order valence-electron chi connectivity index (χ4n) is 5.33. The Hall–Kier alpha value is -3.19. The molecule has 0 spiro atoms. The summed E-state index contributed by atoms with van der Waals surface area (Å²) in [5, 5.41) is 0.616. The third kappa shape index (κ3) is 3.25. The number of amides is 1. The maximum Gasteiger partial charge on any atom is 0.265 e. The Morgan fingerprint density at radius 2 is 1.88 bits per heavy atom. The van der Waals surface area contributed by atoms with Crippen LogP contribution in [0, 0.1) is 6.92 Å². The van der Waals surface area contributed by atoms with Crippen LogP contribution in [0.3, 0.4) is 0 Å². The molecule has 0 radical (unpaired) electrons. The summed E-state index contributed by atoms with van der Waals surface area (Å²) in [6.45, 7) is 4.01. The number of fused-ring (bicyclic) bond motifs is 3. The SMILES string of the molecule is Cc1c(C(=O)N2CCn3cccc3C2c2ccccc2)sc2nc3n(c(=O)c12)CCCCC3. The number of carbonyl (C=O) groups excluding carboxylic acids is 1. The normalized spacial score (nSPS) is 18.1. The van der Waals surface area contributed by atoms with Crippen molar-refractivity contribution in [2.24, 2.45) is 0 Å². The second-order valence-electron chi connectivity index (χ2n) is 8.97. The van der Waals surface area contributed by atoms with E-state index in [-0.39, 0.29) is 17.5 Å². The van der Waals surface area contributed by atoms with Crippen LogP contribution >= 0.6 is 11.3 Å². The van der Waals surface area contributed by atoms with Crippen LogP contribution in [0.1, 0.15) is 57.6 Å². The summed E-state index contributed by atoms with van der Waals surface area (Å²) in [6, 6.07) is 14.2. The van der Waals surface area contributed by atoms with Crippen LogP contribution in [0.15, 0.2) is 53.5 Å². The number of hydrogen-bond donors (Lipinski definition) is 0. The molecular formula is C26H26N4O2S. The zero-order chi connectivity index (χ0) is 22.5. The van der Waals surface area contributed by atoms with E-state index in [0.29, 0.717) is 21.6 Å². The Labute approximate surface area is 196 Å². The van der Waals surface area contributed by atoms with Gasteiger partial charge in [-0.1, -0.05) is 36.8 Å². The van der Waals surface area contributed by atoms with Gasteiger partial charge in [0.25, 0.3) is 11.5 Å². The van der Waals surface area contributed by atoms with E-state index >= 15 is 0 Å². The molecule has 3 aromatic heterocycles. The summed E-state index contributed by atoms with van der Waals surface area (Å²) in [5.74, 6) is 0.847. The molecule has 0 N–H and O–H groups in total. The van der Waals surface area contributed by atoms with Crippen LogP contribution in [0.4, 0.5) is 0 Å². The number of aromatic nitrogens is 3. The lowest BCUT2D eigenvalue weighted by atomic mass is 9.99. The van der Waals surface area contributed by atoms with Gasteiger partial charge in [-0.25, -0.2) is 4.98 Å². The summed E-state index contributed by atoms with van der Waals surface area (Å²) in [6.07, 6.45) is 6.08. The molecule has 0 saturated carbocycles. The van der Waals surface area contributed by atoms with Crippen LogP contribution in [-0.4, -0.2) is 31.5 Å². The molecule has 168 valence electrons. The number of rotatable bonds is 2. The monoisotopic (exact) mass is 458 g/mol. The molecule has 7 heteroatoms. The van der Waals surface area contributed by atoms with Crippen molar-refractivity contribution in [1.29, 1.82) is 0 Å². The van der Waals surface area contributed by atoms with Gasteiger partial charge in [-0.3, -0.25) is 14.2 Å². The zero-order valence-electron chi connectivity index (χ0n) is 18.7. The maximum atomic E-state index is 14.0. The van der Waals surface area contributed by atoms with Crippen LogP contribution in [0.2, 0.25) is 0 Å². The van der Waals surface area contributed by atoms with E-state index in [1.165, 1.54) is 11.3 Å². The topological polar surface area (TPSA) is 60.1 Å². The Morgan fingerprint density at radius 1 is 1.03 bits per heavy atom. The maximum absolute atomic E-state index is 14.0. The minimum atomic E-state index is -0.155. The van der Waals surface area contributed by atoms with Crippen molar-refractivity contribution in [3.63, 3.8) is 0 Å². The van der Waals surface area contributed by atoms with Gasteiger partial charge < -0.3 is 9.47 Å². The number of thiophene rings is 1. The van der Waals surface area contributed by atoms with E-state index in [9.17, 15) is 9.59 Å². The van der Waals surface area contributed by atoms with E-state index in [0.717, 1.165) is 61.4 Å². The molecule has 2 aliphatic rings. The minimum Gasteiger partial charge on any atom is -0.348 e. The molecule has 5 heterocycles. The second-order valence-corrected chi connectivity index (χ2v) is 9.97. The average molecular weight is 459 g/mol. The van der Waals surface area contributed by atoms with Crippen LogP contribution in [-0.2, 0) is 19.5 Å². The highest BCUT2D eigenvalue weighted by atomic mass is 32.1. The third-order valence-corrected chi connectivity index (χ3v) is 8.19. The molecule has 0 aliphatic carbocycles. The lowest BCUT2D eigenvalue weighted by Gasteiger charge is -2.37. The predicted molar refractivity (Wildman–Crippen MR) is 130 cm³/mol. The Kier molecular flexibility index (Phi) is 4.94. The first-order chi connectivity index (χ1) is 16.1. The summed E-state index contributed by atoms with van der Waals surface area (Å²) >= 11 is 1.38. The number of benzene rings is 1. The molecule has 0 fully saturated rings. The fourth-order valence-corrected chi connectivity index (χ4v) is 6.48.